The van der Waals surface area contributed by atoms with Gasteiger partial charge >= 0.3 is 0 Å². The molecule has 3 heterocycles. The maximum atomic E-state index is 14.6. The third kappa shape index (κ3) is 18.8. The monoisotopic (exact) mass is 1090 g/mol. The number of hydrogen-bond acceptors (Lipinski definition) is 18. The number of carbonyl (C=O) groups is 7. The molecule has 3 saturated heterocycles. The number of nitrogens with two attached hydrogens (primary N) is 2. The van der Waals surface area contributed by atoms with Gasteiger partial charge in [0, 0.05) is 45.4 Å². The van der Waals surface area contributed by atoms with E-state index in [1.165, 1.54) is 30.7 Å². The predicted molar refractivity (Wildman–Crippen MR) is 280 cm³/mol. The van der Waals surface area contributed by atoms with Gasteiger partial charge in [0.2, 0.25) is 41.4 Å². The molecule has 7 amide bonds. The van der Waals surface area contributed by atoms with Crippen LogP contribution in [0.4, 0.5) is 0 Å². The van der Waals surface area contributed by atoms with Gasteiger partial charge in [-0.3, -0.25) is 38.9 Å². The molecule has 3 fully saturated rings. The fourth-order valence-electron chi connectivity index (χ4n) is 10.2. The van der Waals surface area contributed by atoms with E-state index >= 15 is 0 Å². The Kier molecular flexibility index (Phi) is 26.4. The maximum Gasteiger partial charge on any atom is 0.248 e. The Balaban J connectivity index is 1.73. The van der Waals surface area contributed by atoms with E-state index < -0.39 is 146 Å². The number of rotatable bonds is 23. The summed E-state index contributed by atoms with van der Waals surface area (Å²) in [6, 6.07) is -6.40. The van der Waals surface area contributed by atoms with Crippen molar-refractivity contribution in [1.29, 1.82) is 0 Å². The van der Waals surface area contributed by atoms with Crippen molar-refractivity contribution in [1.82, 2.24) is 41.7 Å². The molecular formula is C52H88N10O15. The van der Waals surface area contributed by atoms with Crippen LogP contribution < -0.4 is 43.4 Å². The molecule has 0 radical (unpaired) electrons. The minimum Gasteiger partial charge on any atom is -0.508 e. The molecular weight excluding hydrogens is 1000 g/mol. The van der Waals surface area contributed by atoms with Gasteiger partial charge in [0.25, 0.3) is 0 Å². The summed E-state index contributed by atoms with van der Waals surface area (Å²) in [6.07, 6.45) is -6.95. The molecule has 3 aliphatic heterocycles. The number of aromatic hydroxyl groups is 1. The van der Waals surface area contributed by atoms with Crippen LogP contribution in [0.2, 0.25) is 0 Å². The molecule has 0 aromatic heterocycles. The number of unbranched alkanes of at least 4 members (excludes halogenated alkanes) is 5. The molecule has 1 aromatic rings. The summed E-state index contributed by atoms with van der Waals surface area (Å²) in [6.45, 7) is 6.73. The van der Waals surface area contributed by atoms with Crippen molar-refractivity contribution >= 4 is 41.4 Å². The summed E-state index contributed by atoms with van der Waals surface area (Å²) < 4.78 is 0. The van der Waals surface area contributed by atoms with Gasteiger partial charge in [-0.1, -0.05) is 77.8 Å². The van der Waals surface area contributed by atoms with Crippen LogP contribution in [0.3, 0.4) is 0 Å². The fraction of sp³-hybridized carbons (Fsp3) is 0.750. The molecule has 4 unspecified atom stereocenters. The summed E-state index contributed by atoms with van der Waals surface area (Å²) in [5, 5.41) is 104. The van der Waals surface area contributed by atoms with Crippen LogP contribution >= 0.6 is 0 Å². The van der Waals surface area contributed by atoms with Gasteiger partial charge in [-0.25, -0.2) is 0 Å². The van der Waals surface area contributed by atoms with Crippen LogP contribution in [-0.4, -0.2) is 204 Å². The SMILES string of the molecule is CCC(C)CC(C)CCCCCCCCC(=O)NC1C[C@@H](O)C(NCCN)NC(=O)[C@@H]2[C@@H](O)CCN2C(=O)[C@H]([C@H](O)CCN)NC(=O)[C@H]([C@H](O)[C@@H](O)c2ccc(O)cc2)NC(=O)[C@@H]2C[C@@H](O)CN2C(=O)[C@H]([C@@H](C)O)NC1=O. The van der Waals surface area contributed by atoms with Crippen molar-refractivity contribution in [3.05, 3.63) is 29.8 Å². The number of fused-ring (bicyclic) bond motifs is 2. The maximum absolute atomic E-state index is 14.6. The number of phenols is 1. The molecule has 0 bridgehead atoms. The average Bonchev–Trinajstić information content (AvgIpc) is 3.99. The average molecular weight is 1090 g/mol. The van der Waals surface area contributed by atoms with E-state index in [9.17, 15) is 74.4 Å². The van der Waals surface area contributed by atoms with Crippen LogP contribution in [-0.2, 0) is 33.6 Å². The Morgan fingerprint density at radius 3 is 1.97 bits per heavy atom. The van der Waals surface area contributed by atoms with Gasteiger partial charge in [0.15, 0.2) is 0 Å². The third-order valence-corrected chi connectivity index (χ3v) is 14.9. The molecule has 4 rings (SSSR count). The number of nitrogens with one attached hydrogen (secondary N) is 6. The molecule has 1 aromatic carbocycles. The van der Waals surface area contributed by atoms with Crippen LogP contribution in [0, 0.1) is 11.8 Å². The molecule has 436 valence electrons. The zero-order valence-electron chi connectivity index (χ0n) is 45.0. The Morgan fingerprint density at radius 2 is 1.34 bits per heavy atom. The minimum atomic E-state index is -2.28. The normalized spacial score (nSPS) is 28.6. The van der Waals surface area contributed by atoms with Crippen LogP contribution in [0.1, 0.15) is 129 Å². The first-order valence-corrected chi connectivity index (χ1v) is 27.3. The highest BCUT2D eigenvalue weighted by molar-refractivity contribution is 5.98. The summed E-state index contributed by atoms with van der Waals surface area (Å²) in [5.74, 6) is -6.43. The predicted octanol–water partition coefficient (Wildman–Crippen LogP) is -3.31. The highest BCUT2D eigenvalue weighted by Crippen LogP contribution is 2.27. The Bertz CT molecular complexity index is 2070. The van der Waals surface area contributed by atoms with Crippen molar-refractivity contribution in [2.75, 3.05) is 32.7 Å². The van der Waals surface area contributed by atoms with Gasteiger partial charge in [0.05, 0.1) is 30.5 Å². The smallest absolute Gasteiger partial charge is 0.248 e. The summed E-state index contributed by atoms with van der Waals surface area (Å²) in [7, 11) is 0. The first-order chi connectivity index (χ1) is 36.5. The van der Waals surface area contributed by atoms with E-state index in [1.807, 2.05) is 0 Å². The van der Waals surface area contributed by atoms with Gasteiger partial charge in [-0.05, 0) is 68.7 Å². The second kappa shape index (κ2) is 31.5. The Morgan fingerprint density at radius 1 is 0.714 bits per heavy atom. The first kappa shape index (κ1) is 64.4. The van der Waals surface area contributed by atoms with Crippen LogP contribution in [0.15, 0.2) is 24.3 Å². The van der Waals surface area contributed by atoms with Crippen LogP contribution in [0.25, 0.3) is 0 Å². The molecule has 25 heteroatoms. The van der Waals surface area contributed by atoms with Crippen molar-refractivity contribution in [3.8, 4) is 5.75 Å². The van der Waals surface area contributed by atoms with E-state index in [0.29, 0.717) is 24.7 Å². The number of phenolic OH excluding ortho intramolecular Hbond substituents is 1. The summed E-state index contributed by atoms with van der Waals surface area (Å²) in [4.78, 5) is 102. The molecule has 16 atom stereocenters. The van der Waals surface area contributed by atoms with Crippen molar-refractivity contribution in [2.45, 2.75) is 203 Å². The van der Waals surface area contributed by atoms with Crippen molar-refractivity contribution in [2.24, 2.45) is 23.3 Å². The number of amides is 7. The largest absolute Gasteiger partial charge is 0.508 e. The van der Waals surface area contributed by atoms with Crippen LogP contribution in [0.5, 0.6) is 5.75 Å². The topological polar surface area (TPSA) is 412 Å². The zero-order valence-corrected chi connectivity index (χ0v) is 45.0. The van der Waals surface area contributed by atoms with E-state index in [0.717, 1.165) is 55.2 Å². The molecule has 77 heavy (non-hydrogen) atoms. The van der Waals surface area contributed by atoms with Gasteiger partial charge < -0.3 is 88.7 Å². The number of aliphatic hydroxyl groups excluding tert-OH is 7. The highest BCUT2D eigenvalue weighted by Gasteiger charge is 2.49. The van der Waals surface area contributed by atoms with Crippen molar-refractivity contribution < 1.29 is 74.4 Å². The van der Waals surface area contributed by atoms with E-state index in [-0.39, 0.29) is 56.8 Å². The minimum absolute atomic E-state index is 0.0257. The molecule has 3 aliphatic rings. The van der Waals surface area contributed by atoms with Gasteiger partial charge in [-0.15, -0.1) is 0 Å². The first-order valence-electron chi connectivity index (χ1n) is 27.3. The van der Waals surface area contributed by atoms with E-state index in [1.54, 1.807) is 0 Å². The Labute approximate surface area is 450 Å². The number of benzene rings is 1. The fourth-order valence-corrected chi connectivity index (χ4v) is 10.2. The second-order valence-electron chi connectivity index (χ2n) is 21.3. The quantitative estimate of drug-likeness (QED) is 0.0477. The van der Waals surface area contributed by atoms with Gasteiger partial charge in [0.1, 0.15) is 60.4 Å². The lowest BCUT2D eigenvalue weighted by Gasteiger charge is -2.35. The lowest BCUT2D eigenvalue weighted by atomic mass is 9.91. The molecule has 0 spiro atoms. The van der Waals surface area contributed by atoms with Crippen molar-refractivity contribution in [3.63, 3.8) is 0 Å². The number of aliphatic hydroxyl groups is 7. The van der Waals surface area contributed by atoms with Gasteiger partial charge in [-0.2, -0.15) is 0 Å². The summed E-state index contributed by atoms with van der Waals surface area (Å²) in [5.41, 5.74) is 11.5. The van der Waals surface area contributed by atoms with E-state index in [4.69, 9.17) is 11.5 Å². The molecule has 0 aliphatic carbocycles. The second-order valence-corrected chi connectivity index (χ2v) is 21.3. The number of nitrogens with zero attached hydrogens (tertiary/aromatic N) is 2. The molecule has 0 saturated carbocycles. The lowest BCUT2D eigenvalue weighted by Crippen LogP contribution is -2.65. The van der Waals surface area contributed by atoms with E-state index in [2.05, 4.69) is 52.7 Å². The zero-order chi connectivity index (χ0) is 57.1. The lowest BCUT2D eigenvalue weighted by molar-refractivity contribution is -0.148. The number of carbonyl (C=O) groups excluding carboxylic acids is 7. The number of hydrogen-bond donors (Lipinski definition) is 16. The highest BCUT2D eigenvalue weighted by atomic mass is 16.3. The molecule has 18 N–H and O–H groups in total. The molecule has 25 nitrogen and oxygen atoms in total. The third-order valence-electron chi connectivity index (χ3n) is 14.9. The Hall–Kier alpha value is -5.09. The standard InChI is InChI=1S/C52H88N10O15/c1-5-28(2)24-29(3)12-10-8-6-7-9-11-13-39(69)56-34-26-38(68)46(55-22-21-54)60-50(75)43-37(67)19-23-61(43)52(77)41(36(66)18-20-53)58-49(74)42(45(71)44(70)31-14-16-32(64)17-15-31)59-48(73)35-25-33(65)27-62(35)51(76)40(30(4)63)57-47(34)72/h14-17,28-30,33-38,40-46,55,63-68,70-71H,5-13,18-27,53-54H2,1-4H3,(H,56,69)(H,57,72)(H,58,74)(H,59,73)(H,60,75)/t28?,29?,30-,33-,34?,35+,36-,37+,38-,40+,41+,42+,43+,44+,45+,46?/m1/s1. The summed E-state index contributed by atoms with van der Waals surface area (Å²) >= 11 is 0.